The van der Waals surface area contributed by atoms with Crippen molar-refractivity contribution in [2.24, 2.45) is 0 Å². The SMILES string of the molecule is Cc1ccc([C@H](NC(=O)CCCc2cn[nH]c2)c2cccnc2)cc1C. The number of aryl methyl sites for hydroxylation is 3. The number of nitrogens with one attached hydrogen (secondary N) is 2. The lowest BCUT2D eigenvalue weighted by Crippen LogP contribution is -2.29. The summed E-state index contributed by atoms with van der Waals surface area (Å²) in [5.74, 6) is 0.0422. The summed E-state index contributed by atoms with van der Waals surface area (Å²) in [5, 5.41) is 9.90. The van der Waals surface area contributed by atoms with Gasteiger partial charge in [-0.25, -0.2) is 0 Å². The Morgan fingerprint density at radius 2 is 2.04 bits per heavy atom. The number of rotatable bonds is 7. The van der Waals surface area contributed by atoms with Crippen LogP contribution in [0.1, 0.15) is 46.7 Å². The van der Waals surface area contributed by atoms with E-state index in [0.717, 1.165) is 29.5 Å². The minimum Gasteiger partial charge on any atom is -0.345 e. The van der Waals surface area contributed by atoms with E-state index >= 15 is 0 Å². The molecule has 0 radical (unpaired) electrons. The van der Waals surface area contributed by atoms with Crippen molar-refractivity contribution < 1.29 is 4.79 Å². The molecule has 2 aromatic heterocycles. The molecule has 0 aliphatic rings. The van der Waals surface area contributed by atoms with E-state index in [1.165, 1.54) is 11.1 Å². The average molecular weight is 348 g/mol. The molecule has 2 heterocycles. The minimum atomic E-state index is -0.190. The number of benzene rings is 1. The van der Waals surface area contributed by atoms with Gasteiger partial charge in [-0.15, -0.1) is 0 Å². The van der Waals surface area contributed by atoms with Crippen LogP contribution in [0.3, 0.4) is 0 Å². The van der Waals surface area contributed by atoms with E-state index in [2.05, 4.69) is 52.5 Å². The summed E-state index contributed by atoms with van der Waals surface area (Å²) < 4.78 is 0. The molecular formula is C21H24N4O. The third-order valence-electron chi connectivity index (χ3n) is 4.61. The Bertz CT molecular complexity index is 844. The molecule has 1 aromatic carbocycles. The molecule has 0 aliphatic carbocycles. The molecule has 0 saturated carbocycles. The molecule has 0 saturated heterocycles. The Balaban J connectivity index is 1.71. The number of aromatic amines is 1. The van der Waals surface area contributed by atoms with Crippen LogP contribution in [0.5, 0.6) is 0 Å². The fourth-order valence-electron chi connectivity index (χ4n) is 2.95. The van der Waals surface area contributed by atoms with Gasteiger partial charge in [0.25, 0.3) is 0 Å². The van der Waals surface area contributed by atoms with Crippen molar-refractivity contribution in [2.45, 2.75) is 39.2 Å². The molecule has 0 fully saturated rings. The highest BCUT2D eigenvalue weighted by Crippen LogP contribution is 2.24. The van der Waals surface area contributed by atoms with Crippen molar-refractivity contribution in [3.8, 4) is 0 Å². The smallest absolute Gasteiger partial charge is 0.220 e. The molecule has 5 nitrogen and oxygen atoms in total. The zero-order chi connectivity index (χ0) is 18.4. The summed E-state index contributed by atoms with van der Waals surface area (Å²) in [6, 6.07) is 10.0. The Hall–Kier alpha value is -2.95. The molecule has 0 aliphatic heterocycles. The van der Waals surface area contributed by atoms with Crippen molar-refractivity contribution in [3.05, 3.63) is 82.9 Å². The van der Waals surface area contributed by atoms with Gasteiger partial charge in [0.1, 0.15) is 0 Å². The van der Waals surface area contributed by atoms with Gasteiger partial charge in [0.2, 0.25) is 5.91 Å². The van der Waals surface area contributed by atoms with Gasteiger partial charge in [0, 0.05) is 25.0 Å². The molecule has 1 atom stereocenters. The third-order valence-corrected chi connectivity index (χ3v) is 4.61. The Morgan fingerprint density at radius 1 is 1.15 bits per heavy atom. The molecule has 134 valence electrons. The van der Waals surface area contributed by atoms with Crippen LogP contribution in [0, 0.1) is 13.8 Å². The lowest BCUT2D eigenvalue weighted by molar-refractivity contribution is -0.121. The van der Waals surface area contributed by atoms with E-state index in [-0.39, 0.29) is 11.9 Å². The van der Waals surface area contributed by atoms with Crippen molar-refractivity contribution in [3.63, 3.8) is 0 Å². The molecule has 0 unspecified atom stereocenters. The second-order valence-corrected chi connectivity index (χ2v) is 6.59. The maximum Gasteiger partial charge on any atom is 0.220 e. The molecule has 2 N–H and O–H groups in total. The van der Waals surface area contributed by atoms with Gasteiger partial charge in [-0.3, -0.25) is 14.9 Å². The van der Waals surface area contributed by atoms with Crippen LogP contribution >= 0.6 is 0 Å². The number of carbonyl (C=O) groups is 1. The standard InChI is InChI=1S/C21H24N4O/c1-15-8-9-18(11-16(15)2)21(19-6-4-10-22-14-19)25-20(26)7-3-5-17-12-23-24-13-17/h4,6,8-14,21H,3,5,7H2,1-2H3,(H,23,24)(H,25,26)/t21-/m0/s1. The van der Waals surface area contributed by atoms with E-state index in [1.807, 2.05) is 24.5 Å². The second-order valence-electron chi connectivity index (χ2n) is 6.59. The normalized spacial score (nSPS) is 11.9. The van der Waals surface area contributed by atoms with E-state index < -0.39 is 0 Å². The first-order valence-electron chi connectivity index (χ1n) is 8.87. The number of hydrogen-bond donors (Lipinski definition) is 2. The van der Waals surface area contributed by atoms with Crippen molar-refractivity contribution in [1.82, 2.24) is 20.5 Å². The number of H-pyrrole nitrogens is 1. The Kier molecular flexibility index (Phi) is 5.79. The van der Waals surface area contributed by atoms with Crippen LogP contribution in [0.4, 0.5) is 0 Å². The lowest BCUT2D eigenvalue weighted by atomic mass is 9.96. The van der Waals surface area contributed by atoms with Gasteiger partial charge in [-0.1, -0.05) is 24.3 Å². The number of pyridine rings is 1. The van der Waals surface area contributed by atoms with Crippen molar-refractivity contribution in [2.75, 3.05) is 0 Å². The fraction of sp³-hybridized carbons (Fsp3) is 0.286. The van der Waals surface area contributed by atoms with Gasteiger partial charge in [0.05, 0.1) is 12.2 Å². The largest absolute Gasteiger partial charge is 0.345 e. The summed E-state index contributed by atoms with van der Waals surface area (Å²) in [5.41, 5.74) is 5.63. The van der Waals surface area contributed by atoms with Crippen LogP contribution in [-0.2, 0) is 11.2 Å². The third kappa shape index (κ3) is 4.57. The summed E-state index contributed by atoms with van der Waals surface area (Å²) >= 11 is 0. The predicted octanol–water partition coefficient (Wildman–Crippen LogP) is 3.65. The maximum absolute atomic E-state index is 12.5. The lowest BCUT2D eigenvalue weighted by Gasteiger charge is -2.20. The van der Waals surface area contributed by atoms with Gasteiger partial charge in [0.15, 0.2) is 0 Å². The minimum absolute atomic E-state index is 0.0422. The Morgan fingerprint density at radius 3 is 2.73 bits per heavy atom. The van der Waals surface area contributed by atoms with Crippen LogP contribution in [0.15, 0.2) is 55.1 Å². The summed E-state index contributed by atoms with van der Waals surface area (Å²) in [7, 11) is 0. The van der Waals surface area contributed by atoms with Crippen LogP contribution in [0.2, 0.25) is 0 Å². The second kappa shape index (κ2) is 8.43. The van der Waals surface area contributed by atoms with Crippen LogP contribution in [0.25, 0.3) is 0 Å². The quantitative estimate of drug-likeness (QED) is 0.685. The molecule has 5 heteroatoms. The van der Waals surface area contributed by atoms with E-state index in [9.17, 15) is 4.79 Å². The molecular weight excluding hydrogens is 324 g/mol. The molecule has 0 bridgehead atoms. The topological polar surface area (TPSA) is 70.7 Å². The highest BCUT2D eigenvalue weighted by atomic mass is 16.1. The predicted molar refractivity (Wildman–Crippen MR) is 102 cm³/mol. The number of nitrogens with zero attached hydrogens (tertiary/aromatic N) is 2. The monoisotopic (exact) mass is 348 g/mol. The highest BCUT2D eigenvalue weighted by Gasteiger charge is 2.17. The van der Waals surface area contributed by atoms with Gasteiger partial charge in [-0.05, 0) is 60.6 Å². The van der Waals surface area contributed by atoms with E-state index in [4.69, 9.17) is 0 Å². The van der Waals surface area contributed by atoms with Crippen molar-refractivity contribution >= 4 is 5.91 Å². The average Bonchev–Trinajstić information content (AvgIpc) is 3.16. The molecule has 3 rings (SSSR count). The number of amides is 1. The number of aromatic nitrogens is 3. The zero-order valence-electron chi connectivity index (χ0n) is 15.2. The van der Waals surface area contributed by atoms with Crippen molar-refractivity contribution in [1.29, 1.82) is 0 Å². The summed E-state index contributed by atoms with van der Waals surface area (Å²) in [6.45, 7) is 4.18. The number of hydrogen-bond acceptors (Lipinski definition) is 3. The van der Waals surface area contributed by atoms with Crippen LogP contribution < -0.4 is 5.32 Å². The molecule has 0 spiro atoms. The zero-order valence-corrected chi connectivity index (χ0v) is 15.2. The van der Waals surface area contributed by atoms with Gasteiger partial charge in [-0.2, -0.15) is 5.10 Å². The van der Waals surface area contributed by atoms with E-state index in [1.54, 1.807) is 12.4 Å². The molecule has 3 aromatic rings. The number of carbonyl (C=O) groups excluding carboxylic acids is 1. The first-order chi connectivity index (χ1) is 12.6. The fourth-order valence-corrected chi connectivity index (χ4v) is 2.95. The maximum atomic E-state index is 12.5. The highest BCUT2D eigenvalue weighted by molar-refractivity contribution is 5.77. The van der Waals surface area contributed by atoms with E-state index in [0.29, 0.717) is 6.42 Å². The molecule has 1 amide bonds. The Labute approximate surface area is 153 Å². The van der Waals surface area contributed by atoms with Gasteiger partial charge < -0.3 is 5.32 Å². The summed E-state index contributed by atoms with van der Waals surface area (Å²) in [4.78, 5) is 16.7. The summed E-state index contributed by atoms with van der Waals surface area (Å²) in [6.07, 6.45) is 9.33. The first kappa shape index (κ1) is 17.9. The van der Waals surface area contributed by atoms with Gasteiger partial charge >= 0.3 is 0 Å². The molecule has 26 heavy (non-hydrogen) atoms. The first-order valence-corrected chi connectivity index (χ1v) is 8.87. The van der Waals surface area contributed by atoms with Crippen LogP contribution in [-0.4, -0.2) is 21.1 Å².